The van der Waals surface area contributed by atoms with Crippen molar-refractivity contribution in [2.45, 2.75) is 12.5 Å². The van der Waals surface area contributed by atoms with E-state index < -0.39 is 0 Å². The van der Waals surface area contributed by atoms with Crippen LogP contribution >= 0.6 is 11.6 Å². The minimum Gasteiger partial charge on any atom is -0.311 e. The van der Waals surface area contributed by atoms with Crippen LogP contribution in [0.2, 0.25) is 5.02 Å². The highest BCUT2D eigenvalue weighted by molar-refractivity contribution is 6.30. The monoisotopic (exact) mass is 267 g/mol. The van der Waals surface area contributed by atoms with Gasteiger partial charge in [-0.3, -0.25) is 4.68 Å². The Labute approximate surface area is 111 Å². The molecule has 0 amide bonds. The van der Waals surface area contributed by atoms with Crippen LogP contribution in [0.3, 0.4) is 0 Å². The van der Waals surface area contributed by atoms with E-state index in [0.717, 1.165) is 5.69 Å². The second kappa shape index (κ2) is 5.50. The van der Waals surface area contributed by atoms with Gasteiger partial charge < -0.3 is 5.32 Å². The number of rotatable bonds is 4. The van der Waals surface area contributed by atoms with E-state index in [1.165, 1.54) is 6.07 Å². The molecule has 3 nitrogen and oxygen atoms in total. The van der Waals surface area contributed by atoms with Crippen LogP contribution in [-0.2, 0) is 13.5 Å². The molecule has 0 saturated heterocycles. The van der Waals surface area contributed by atoms with Gasteiger partial charge in [0.2, 0.25) is 0 Å². The SMILES string of the molecule is CNC(Cc1ccc(Cl)cc1F)c1ccnn1C. The molecule has 2 aromatic rings. The lowest BCUT2D eigenvalue weighted by Crippen LogP contribution is -2.22. The molecule has 1 aromatic carbocycles. The van der Waals surface area contributed by atoms with Crippen LogP contribution in [0, 0.1) is 5.82 Å². The molecule has 0 aliphatic heterocycles. The number of benzene rings is 1. The molecule has 96 valence electrons. The zero-order valence-electron chi connectivity index (χ0n) is 10.3. The summed E-state index contributed by atoms with van der Waals surface area (Å²) in [7, 11) is 3.73. The van der Waals surface area contributed by atoms with Crippen LogP contribution in [0.5, 0.6) is 0 Å². The third-order valence-electron chi connectivity index (χ3n) is 3.00. The third-order valence-corrected chi connectivity index (χ3v) is 3.24. The smallest absolute Gasteiger partial charge is 0.127 e. The third kappa shape index (κ3) is 2.71. The maximum Gasteiger partial charge on any atom is 0.127 e. The molecule has 0 spiro atoms. The molecular weight excluding hydrogens is 253 g/mol. The zero-order chi connectivity index (χ0) is 13.1. The van der Waals surface area contributed by atoms with E-state index in [0.29, 0.717) is 17.0 Å². The van der Waals surface area contributed by atoms with Crippen LogP contribution < -0.4 is 5.32 Å². The highest BCUT2D eigenvalue weighted by atomic mass is 35.5. The minimum atomic E-state index is -0.273. The molecule has 0 radical (unpaired) electrons. The van der Waals surface area contributed by atoms with E-state index in [1.54, 1.807) is 23.0 Å². The van der Waals surface area contributed by atoms with Crippen LogP contribution in [0.4, 0.5) is 4.39 Å². The largest absolute Gasteiger partial charge is 0.311 e. The van der Waals surface area contributed by atoms with Crippen LogP contribution in [-0.4, -0.2) is 16.8 Å². The van der Waals surface area contributed by atoms with Gasteiger partial charge in [-0.05, 0) is 37.2 Å². The van der Waals surface area contributed by atoms with Crippen molar-refractivity contribution in [3.05, 3.63) is 52.6 Å². The molecule has 1 N–H and O–H groups in total. The van der Waals surface area contributed by atoms with Gasteiger partial charge in [0.1, 0.15) is 5.82 Å². The first-order valence-electron chi connectivity index (χ1n) is 5.71. The van der Waals surface area contributed by atoms with Crippen molar-refractivity contribution in [3.63, 3.8) is 0 Å². The van der Waals surface area contributed by atoms with E-state index in [1.807, 2.05) is 20.2 Å². The fourth-order valence-electron chi connectivity index (χ4n) is 1.99. The van der Waals surface area contributed by atoms with E-state index in [4.69, 9.17) is 11.6 Å². The minimum absolute atomic E-state index is 0.0215. The molecule has 2 rings (SSSR count). The molecule has 1 unspecified atom stereocenters. The number of nitrogens with one attached hydrogen (secondary N) is 1. The Morgan fingerprint density at radius 3 is 2.78 bits per heavy atom. The van der Waals surface area contributed by atoms with Gasteiger partial charge in [0.15, 0.2) is 0 Å². The molecule has 0 fully saturated rings. The first-order valence-corrected chi connectivity index (χ1v) is 6.08. The van der Waals surface area contributed by atoms with Crippen molar-refractivity contribution in [1.82, 2.24) is 15.1 Å². The second-order valence-corrected chi connectivity index (χ2v) is 4.60. The van der Waals surface area contributed by atoms with Gasteiger partial charge in [0.25, 0.3) is 0 Å². The maximum atomic E-state index is 13.8. The molecule has 1 atom stereocenters. The Balaban J connectivity index is 2.23. The average molecular weight is 268 g/mol. The first kappa shape index (κ1) is 13.1. The van der Waals surface area contributed by atoms with E-state index in [9.17, 15) is 4.39 Å². The number of hydrogen-bond acceptors (Lipinski definition) is 2. The lowest BCUT2D eigenvalue weighted by Gasteiger charge is -2.17. The number of hydrogen-bond donors (Lipinski definition) is 1. The second-order valence-electron chi connectivity index (χ2n) is 4.16. The highest BCUT2D eigenvalue weighted by Gasteiger charge is 2.15. The number of nitrogens with zero attached hydrogens (tertiary/aromatic N) is 2. The molecule has 1 heterocycles. The summed E-state index contributed by atoms with van der Waals surface area (Å²) in [6.07, 6.45) is 2.29. The predicted octanol–water partition coefficient (Wildman–Crippen LogP) is 2.72. The Morgan fingerprint density at radius 1 is 1.44 bits per heavy atom. The van der Waals surface area contributed by atoms with Crippen LogP contribution in [0.15, 0.2) is 30.5 Å². The predicted molar refractivity (Wildman–Crippen MR) is 70.1 cm³/mol. The Bertz CT molecular complexity index is 539. The molecule has 0 bridgehead atoms. The molecule has 0 aliphatic carbocycles. The molecule has 18 heavy (non-hydrogen) atoms. The van der Waals surface area contributed by atoms with Gasteiger partial charge in [0.05, 0.1) is 11.7 Å². The fourth-order valence-corrected chi connectivity index (χ4v) is 2.15. The summed E-state index contributed by atoms with van der Waals surface area (Å²) in [6, 6.07) is 6.71. The van der Waals surface area contributed by atoms with Crippen molar-refractivity contribution in [2.75, 3.05) is 7.05 Å². The highest BCUT2D eigenvalue weighted by Crippen LogP contribution is 2.21. The summed E-state index contributed by atoms with van der Waals surface area (Å²) < 4.78 is 15.5. The van der Waals surface area contributed by atoms with E-state index in [2.05, 4.69) is 10.4 Å². The summed E-state index contributed by atoms with van der Waals surface area (Å²) in [4.78, 5) is 0. The van der Waals surface area contributed by atoms with Gasteiger partial charge in [-0.15, -0.1) is 0 Å². The number of likely N-dealkylation sites (N-methyl/N-ethyl adjacent to an activating group) is 1. The lowest BCUT2D eigenvalue weighted by molar-refractivity contribution is 0.519. The summed E-state index contributed by atoms with van der Waals surface area (Å²) >= 11 is 5.74. The average Bonchev–Trinajstić information content (AvgIpc) is 2.75. The van der Waals surface area contributed by atoms with Gasteiger partial charge in [-0.1, -0.05) is 17.7 Å². The zero-order valence-corrected chi connectivity index (χ0v) is 11.1. The summed E-state index contributed by atoms with van der Waals surface area (Å²) in [5, 5.41) is 7.72. The van der Waals surface area contributed by atoms with Gasteiger partial charge in [0, 0.05) is 18.3 Å². The number of halogens is 2. The fraction of sp³-hybridized carbons (Fsp3) is 0.308. The van der Waals surface area contributed by atoms with Gasteiger partial charge >= 0.3 is 0 Å². The topological polar surface area (TPSA) is 29.9 Å². The van der Waals surface area contributed by atoms with Crippen molar-refractivity contribution < 1.29 is 4.39 Å². The normalized spacial score (nSPS) is 12.7. The Hall–Kier alpha value is -1.39. The molecule has 0 aliphatic rings. The van der Waals surface area contributed by atoms with Crippen molar-refractivity contribution in [3.8, 4) is 0 Å². The van der Waals surface area contributed by atoms with Gasteiger partial charge in [-0.2, -0.15) is 5.10 Å². The Morgan fingerprint density at radius 2 is 2.22 bits per heavy atom. The summed E-state index contributed by atoms with van der Waals surface area (Å²) in [5.74, 6) is -0.273. The van der Waals surface area contributed by atoms with E-state index >= 15 is 0 Å². The maximum absolute atomic E-state index is 13.8. The van der Waals surface area contributed by atoms with Gasteiger partial charge in [-0.25, -0.2) is 4.39 Å². The number of aryl methyl sites for hydroxylation is 1. The van der Waals surface area contributed by atoms with Crippen LogP contribution in [0.25, 0.3) is 0 Å². The molecule has 5 heteroatoms. The number of aromatic nitrogens is 2. The van der Waals surface area contributed by atoms with Crippen molar-refractivity contribution in [2.24, 2.45) is 7.05 Å². The quantitative estimate of drug-likeness (QED) is 0.923. The molecule has 0 saturated carbocycles. The summed E-state index contributed by atoms with van der Waals surface area (Å²) in [6.45, 7) is 0. The van der Waals surface area contributed by atoms with Crippen molar-refractivity contribution >= 4 is 11.6 Å². The molecule has 1 aromatic heterocycles. The lowest BCUT2D eigenvalue weighted by atomic mass is 10.0. The molecular formula is C13H15ClFN3. The van der Waals surface area contributed by atoms with E-state index in [-0.39, 0.29) is 11.9 Å². The Kier molecular flexibility index (Phi) is 3.99. The van der Waals surface area contributed by atoms with Crippen molar-refractivity contribution in [1.29, 1.82) is 0 Å². The standard InChI is InChI=1S/C13H15ClFN3/c1-16-12(13-5-6-17-18(13)2)7-9-3-4-10(14)8-11(9)15/h3-6,8,12,16H,7H2,1-2H3. The summed E-state index contributed by atoms with van der Waals surface area (Å²) in [5.41, 5.74) is 1.66. The first-order chi connectivity index (χ1) is 8.61. The van der Waals surface area contributed by atoms with Crippen LogP contribution in [0.1, 0.15) is 17.3 Å².